The zero-order valence-corrected chi connectivity index (χ0v) is 26.2. The predicted octanol–water partition coefficient (Wildman–Crippen LogP) is 13.4. The molecular formula is C46H29NO2. The van der Waals surface area contributed by atoms with Crippen molar-refractivity contribution < 1.29 is 14.3 Å². The second-order valence-electron chi connectivity index (χ2n) is 12.1. The molecule has 3 heteroatoms. The van der Waals surface area contributed by atoms with E-state index in [4.69, 9.17) is 8.83 Å². The van der Waals surface area contributed by atoms with Crippen LogP contribution in [0.3, 0.4) is 0 Å². The Balaban J connectivity index is 1.30. The summed E-state index contributed by atoms with van der Waals surface area (Å²) in [5, 5.41) is 5.35. The molecule has 0 saturated carbocycles. The highest BCUT2D eigenvalue weighted by molar-refractivity contribution is 6.20. The fourth-order valence-corrected chi connectivity index (χ4v) is 7.16. The normalized spacial score (nSPS) is 12.8. The molecule has 0 aliphatic rings. The molecule has 0 bridgehead atoms. The Hall–Kier alpha value is -6.58. The molecule has 10 rings (SSSR count). The van der Waals surface area contributed by atoms with Crippen molar-refractivity contribution in [3.63, 3.8) is 0 Å². The molecule has 0 aliphatic carbocycles. The van der Waals surface area contributed by atoms with Crippen molar-refractivity contribution in [1.29, 1.82) is 0 Å². The molecule has 0 radical (unpaired) electrons. The van der Waals surface area contributed by atoms with Gasteiger partial charge in [-0.25, -0.2) is 0 Å². The van der Waals surface area contributed by atoms with Crippen molar-refractivity contribution >= 4 is 71.7 Å². The number of rotatable bonds is 5. The molecule has 49 heavy (non-hydrogen) atoms. The third-order valence-electron chi connectivity index (χ3n) is 9.34. The highest BCUT2D eigenvalue weighted by Crippen LogP contribution is 2.47. The van der Waals surface area contributed by atoms with Crippen LogP contribution in [0, 0.1) is 0 Å². The van der Waals surface area contributed by atoms with Gasteiger partial charge in [-0.3, -0.25) is 0 Å². The Morgan fingerprint density at radius 1 is 0.408 bits per heavy atom. The van der Waals surface area contributed by atoms with Gasteiger partial charge in [-0.05, 0) is 70.6 Å². The van der Waals surface area contributed by atoms with Gasteiger partial charge in [-0.15, -0.1) is 0 Å². The summed E-state index contributed by atoms with van der Waals surface area (Å²) in [5.41, 5.74) is 6.87. The maximum absolute atomic E-state index is 9.72. The molecule has 0 atom stereocenters. The summed E-state index contributed by atoms with van der Waals surface area (Å²) in [4.78, 5) is 1.88. The average Bonchev–Trinajstić information content (AvgIpc) is 3.79. The summed E-state index contributed by atoms with van der Waals surface area (Å²) in [6.07, 6.45) is 0. The molecule has 0 amide bonds. The van der Waals surface area contributed by atoms with Crippen molar-refractivity contribution in [2.45, 2.75) is 0 Å². The maximum atomic E-state index is 9.72. The molecule has 0 aliphatic heterocycles. The van der Waals surface area contributed by atoms with Crippen molar-refractivity contribution in [3.05, 3.63) is 176 Å². The lowest BCUT2D eigenvalue weighted by Gasteiger charge is -2.28. The minimum atomic E-state index is -0.163. The summed E-state index contributed by atoms with van der Waals surface area (Å²) in [5.74, 6) is 0. The number of furan rings is 2. The standard InChI is InChI=1S/C46H29NO2/c1-2-12-30(13-3-1)34-15-6-8-19-39(34)47(40-20-11-23-43-45(40)38-29-26-31-14-4-5-16-36(31)46(38)49-43)33-27-24-32(25-28-33)35-18-10-22-42-44(35)37-17-7-9-21-41(37)48-42/h1-29H/i24D,25D,27D,28D. The molecule has 0 unspecified atom stereocenters. The first-order chi connectivity index (χ1) is 26.0. The molecule has 3 nitrogen and oxygen atoms in total. The highest BCUT2D eigenvalue weighted by Gasteiger charge is 2.23. The van der Waals surface area contributed by atoms with E-state index < -0.39 is 0 Å². The van der Waals surface area contributed by atoms with E-state index in [-0.39, 0.29) is 35.4 Å². The largest absolute Gasteiger partial charge is 0.456 e. The number of nitrogens with zero attached hydrogens (tertiary/aromatic N) is 1. The molecule has 2 aromatic heterocycles. The van der Waals surface area contributed by atoms with Gasteiger partial charge in [-0.2, -0.15) is 0 Å². The number of para-hydroxylation sites is 2. The van der Waals surface area contributed by atoms with Crippen LogP contribution in [0.4, 0.5) is 17.1 Å². The smallest absolute Gasteiger partial charge is 0.143 e. The minimum Gasteiger partial charge on any atom is -0.456 e. The van der Waals surface area contributed by atoms with Crippen molar-refractivity contribution in [2.75, 3.05) is 4.90 Å². The first-order valence-electron chi connectivity index (χ1n) is 18.3. The first-order valence-corrected chi connectivity index (χ1v) is 16.3. The van der Waals surface area contributed by atoms with E-state index >= 15 is 0 Å². The third-order valence-corrected chi connectivity index (χ3v) is 9.34. The van der Waals surface area contributed by atoms with Gasteiger partial charge in [0, 0.05) is 32.8 Å². The monoisotopic (exact) mass is 631 g/mol. The van der Waals surface area contributed by atoms with E-state index in [1.807, 2.05) is 138 Å². The van der Waals surface area contributed by atoms with Crippen LogP contribution >= 0.6 is 0 Å². The molecule has 10 aromatic rings. The van der Waals surface area contributed by atoms with Crippen molar-refractivity contribution in [1.82, 2.24) is 0 Å². The lowest BCUT2D eigenvalue weighted by molar-refractivity contribution is 0.669. The van der Waals surface area contributed by atoms with Gasteiger partial charge >= 0.3 is 0 Å². The first kappa shape index (κ1) is 23.7. The van der Waals surface area contributed by atoms with Crippen LogP contribution in [0.2, 0.25) is 0 Å². The summed E-state index contributed by atoms with van der Waals surface area (Å²) >= 11 is 0. The Bertz CT molecular complexity index is 3050. The quantitative estimate of drug-likeness (QED) is 0.189. The van der Waals surface area contributed by atoms with E-state index in [1.54, 1.807) is 0 Å². The van der Waals surface area contributed by atoms with E-state index in [0.717, 1.165) is 49.0 Å². The Morgan fingerprint density at radius 2 is 1.06 bits per heavy atom. The van der Waals surface area contributed by atoms with Crippen LogP contribution in [-0.2, 0) is 0 Å². The zero-order valence-electron chi connectivity index (χ0n) is 30.2. The van der Waals surface area contributed by atoms with Crippen LogP contribution in [-0.4, -0.2) is 0 Å². The van der Waals surface area contributed by atoms with E-state index in [2.05, 4.69) is 18.2 Å². The highest BCUT2D eigenvalue weighted by atomic mass is 16.3. The molecule has 8 aromatic carbocycles. The second kappa shape index (κ2) is 11.0. The molecule has 0 N–H and O–H groups in total. The predicted molar refractivity (Wildman–Crippen MR) is 204 cm³/mol. The molecule has 2 heterocycles. The SMILES string of the molecule is [2H]c1c([2H])c(N(c2ccccc2-c2ccccc2)c2cccc3oc4c5ccccc5ccc4c23)c([2H])c([2H])c1-c1cccc2oc3ccccc3c12. The van der Waals surface area contributed by atoms with Crippen LogP contribution < -0.4 is 4.90 Å². The minimum absolute atomic E-state index is 0.138. The summed E-state index contributed by atoms with van der Waals surface area (Å²) < 4.78 is 51.3. The third kappa shape index (κ3) is 4.37. The van der Waals surface area contributed by atoms with Crippen molar-refractivity contribution in [2.24, 2.45) is 0 Å². The van der Waals surface area contributed by atoms with E-state index in [1.165, 1.54) is 0 Å². The fraction of sp³-hybridized carbons (Fsp3) is 0. The summed E-state index contributed by atoms with van der Waals surface area (Å²) in [7, 11) is 0. The zero-order chi connectivity index (χ0) is 35.8. The van der Waals surface area contributed by atoms with Crippen LogP contribution in [0.5, 0.6) is 0 Å². The Kier molecular flexibility index (Phi) is 5.32. The number of fused-ring (bicyclic) bond motifs is 8. The van der Waals surface area contributed by atoms with E-state index in [9.17, 15) is 5.48 Å². The van der Waals surface area contributed by atoms with Gasteiger partial charge in [0.25, 0.3) is 0 Å². The Labute approximate surface area is 288 Å². The lowest BCUT2D eigenvalue weighted by Crippen LogP contribution is -2.11. The summed E-state index contributed by atoms with van der Waals surface area (Å²) in [6.45, 7) is 0. The van der Waals surface area contributed by atoms with Gasteiger partial charge < -0.3 is 13.7 Å². The Morgan fingerprint density at radius 3 is 1.94 bits per heavy atom. The van der Waals surface area contributed by atoms with Crippen LogP contribution in [0.25, 0.3) is 76.9 Å². The second-order valence-corrected chi connectivity index (χ2v) is 12.1. The average molecular weight is 632 g/mol. The number of benzene rings is 8. The van der Waals surface area contributed by atoms with Gasteiger partial charge in [0.2, 0.25) is 0 Å². The molecule has 0 saturated heterocycles. The number of anilines is 3. The topological polar surface area (TPSA) is 29.5 Å². The number of hydrogen-bond acceptors (Lipinski definition) is 3. The van der Waals surface area contributed by atoms with Crippen molar-refractivity contribution in [3.8, 4) is 22.3 Å². The van der Waals surface area contributed by atoms with Gasteiger partial charge in [-0.1, -0.05) is 127 Å². The summed E-state index contributed by atoms with van der Waals surface area (Å²) in [6, 6.07) is 48.6. The fourth-order valence-electron chi connectivity index (χ4n) is 7.16. The maximum Gasteiger partial charge on any atom is 0.143 e. The van der Waals surface area contributed by atoms with Crippen LogP contribution in [0.1, 0.15) is 5.48 Å². The molecule has 230 valence electrons. The van der Waals surface area contributed by atoms with Gasteiger partial charge in [0.05, 0.1) is 22.2 Å². The number of hydrogen-bond donors (Lipinski definition) is 0. The molecule has 0 fully saturated rings. The van der Waals surface area contributed by atoms with Gasteiger partial charge in [0.1, 0.15) is 22.3 Å². The van der Waals surface area contributed by atoms with Crippen LogP contribution in [0.15, 0.2) is 185 Å². The molecule has 0 spiro atoms. The lowest BCUT2D eigenvalue weighted by atomic mass is 9.98. The van der Waals surface area contributed by atoms with E-state index in [0.29, 0.717) is 33.7 Å². The van der Waals surface area contributed by atoms with Gasteiger partial charge in [0.15, 0.2) is 0 Å². The molecular weight excluding hydrogens is 599 g/mol.